The van der Waals surface area contributed by atoms with Crippen molar-refractivity contribution in [3.8, 4) is 0 Å². The van der Waals surface area contributed by atoms with E-state index in [2.05, 4.69) is 10.4 Å². The molecule has 6 nitrogen and oxygen atoms in total. The van der Waals surface area contributed by atoms with E-state index in [1.165, 1.54) is 0 Å². The fraction of sp³-hybridized carbons (Fsp3) is 0.421. The van der Waals surface area contributed by atoms with Gasteiger partial charge in [-0.1, -0.05) is 36.8 Å². The summed E-state index contributed by atoms with van der Waals surface area (Å²) in [5.41, 5.74) is 3.06. The molecular weight excluding hydrogens is 316 g/mol. The second-order valence-corrected chi connectivity index (χ2v) is 6.51. The van der Waals surface area contributed by atoms with Crippen LogP contribution in [0.2, 0.25) is 0 Å². The molecule has 1 N–H and O–H groups in total. The number of anilines is 1. The van der Waals surface area contributed by atoms with E-state index in [9.17, 15) is 9.59 Å². The maximum absolute atomic E-state index is 12.8. The molecule has 6 heteroatoms. The number of aromatic nitrogens is 2. The molecule has 0 saturated heterocycles. The van der Waals surface area contributed by atoms with Gasteiger partial charge in [0, 0.05) is 19.0 Å². The van der Waals surface area contributed by atoms with Gasteiger partial charge in [0.15, 0.2) is 0 Å². The molecule has 0 saturated carbocycles. The summed E-state index contributed by atoms with van der Waals surface area (Å²) in [6, 6.07) is 9.38. The van der Waals surface area contributed by atoms with Crippen molar-refractivity contribution >= 4 is 17.6 Å². The topological polar surface area (TPSA) is 67.2 Å². The number of hydrogen-bond acceptors (Lipinski definition) is 3. The lowest BCUT2D eigenvalue weighted by Crippen LogP contribution is -2.52. The standard InChI is InChI=1S/C19H24N4O2/c1-4-16(19(25)20-12-15-7-5-6-13(2)10-15)23-17-11-14(3)21-22(17)9-8-18(23)24/h5-7,10-11,16H,4,8-9,12H2,1-3H3,(H,20,25)/t16-/m0/s1. The fourth-order valence-electron chi connectivity index (χ4n) is 3.29. The highest BCUT2D eigenvalue weighted by Crippen LogP contribution is 2.26. The Bertz CT molecular complexity index is 796. The first-order chi connectivity index (χ1) is 12.0. The van der Waals surface area contributed by atoms with Crippen LogP contribution in [0, 0.1) is 13.8 Å². The molecule has 1 aliphatic heterocycles. The van der Waals surface area contributed by atoms with Crippen LogP contribution in [0.25, 0.3) is 0 Å². The molecule has 2 aromatic rings. The molecule has 1 atom stereocenters. The van der Waals surface area contributed by atoms with E-state index in [1.54, 1.807) is 4.90 Å². The predicted octanol–water partition coefficient (Wildman–Crippen LogP) is 2.33. The number of amides is 2. The summed E-state index contributed by atoms with van der Waals surface area (Å²) < 4.78 is 1.81. The lowest BCUT2D eigenvalue weighted by atomic mass is 10.1. The van der Waals surface area contributed by atoms with Gasteiger partial charge in [0.05, 0.1) is 12.2 Å². The minimum absolute atomic E-state index is 0.0232. The van der Waals surface area contributed by atoms with Crippen molar-refractivity contribution in [2.24, 2.45) is 0 Å². The molecule has 132 valence electrons. The van der Waals surface area contributed by atoms with Crippen LogP contribution in [0.4, 0.5) is 5.82 Å². The van der Waals surface area contributed by atoms with Crippen LogP contribution in [0.15, 0.2) is 30.3 Å². The second-order valence-electron chi connectivity index (χ2n) is 6.51. The normalized spacial score (nSPS) is 15.0. The molecule has 0 unspecified atom stereocenters. The average Bonchev–Trinajstić information content (AvgIpc) is 2.96. The van der Waals surface area contributed by atoms with Crippen LogP contribution >= 0.6 is 0 Å². The van der Waals surface area contributed by atoms with Crippen LogP contribution in [0.5, 0.6) is 0 Å². The van der Waals surface area contributed by atoms with E-state index in [0.29, 0.717) is 31.7 Å². The summed E-state index contributed by atoms with van der Waals surface area (Å²) >= 11 is 0. The quantitative estimate of drug-likeness (QED) is 0.908. The van der Waals surface area contributed by atoms with Gasteiger partial charge in [0.25, 0.3) is 0 Å². The van der Waals surface area contributed by atoms with Crippen LogP contribution in [0.3, 0.4) is 0 Å². The third kappa shape index (κ3) is 3.57. The Hall–Kier alpha value is -2.63. The summed E-state index contributed by atoms with van der Waals surface area (Å²) in [5.74, 6) is 0.556. The monoisotopic (exact) mass is 340 g/mol. The van der Waals surface area contributed by atoms with E-state index >= 15 is 0 Å². The Kier molecular flexibility index (Phi) is 4.88. The Labute approximate surface area is 147 Å². The van der Waals surface area contributed by atoms with Gasteiger partial charge in [-0.15, -0.1) is 0 Å². The minimum Gasteiger partial charge on any atom is -0.350 e. The van der Waals surface area contributed by atoms with Gasteiger partial charge in [-0.2, -0.15) is 5.10 Å². The molecule has 0 radical (unpaired) electrons. The highest BCUT2D eigenvalue weighted by atomic mass is 16.2. The highest BCUT2D eigenvalue weighted by molar-refractivity contribution is 6.00. The summed E-state index contributed by atoms with van der Waals surface area (Å²) in [7, 11) is 0. The van der Waals surface area contributed by atoms with E-state index < -0.39 is 6.04 Å². The number of rotatable bonds is 5. The minimum atomic E-state index is -0.521. The van der Waals surface area contributed by atoms with Gasteiger partial charge in [0.2, 0.25) is 11.8 Å². The summed E-state index contributed by atoms with van der Waals surface area (Å²) in [4.78, 5) is 26.9. The van der Waals surface area contributed by atoms with Crippen LogP contribution in [-0.2, 0) is 22.7 Å². The lowest BCUT2D eigenvalue weighted by Gasteiger charge is -2.33. The highest BCUT2D eigenvalue weighted by Gasteiger charge is 2.34. The first-order valence-electron chi connectivity index (χ1n) is 8.69. The lowest BCUT2D eigenvalue weighted by molar-refractivity contribution is -0.127. The number of hydrogen-bond donors (Lipinski definition) is 1. The van der Waals surface area contributed by atoms with E-state index in [0.717, 1.165) is 16.8 Å². The number of nitrogens with zero attached hydrogens (tertiary/aromatic N) is 3. The average molecular weight is 340 g/mol. The zero-order valence-electron chi connectivity index (χ0n) is 15.0. The molecular formula is C19H24N4O2. The van der Waals surface area contributed by atoms with Crippen LogP contribution in [-0.4, -0.2) is 27.6 Å². The van der Waals surface area contributed by atoms with E-state index in [4.69, 9.17) is 0 Å². The van der Waals surface area contributed by atoms with Crippen molar-refractivity contribution in [2.45, 2.75) is 52.7 Å². The summed E-state index contributed by atoms with van der Waals surface area (Å²) in [6.45, 7) is 6.87. The first-order valence-corrected chi connectivity index (χ1v) is 8.69. The van der Waals surface area contributed by atoms with Gasteiger partial charge in [-0.05, 0) is 25.8 Å². The number of benzene rings is 1. The summed E-state index contributed by atoms with van der Waals surface area (Å²) in [6.07, 6.45) is 0.922. The molecule has 0 fully saturated rings. The second kappa shape index (κ2) is 7.09. The molecule has 1 aromatic carbocycles. The van der Waals surface area contributed by atoms with Crippen molar-refractivity contribution in [2.75, 3.05) is 4.90 Å². The Morgan fingerprint density at radius 3 is 2.84 bits per heavy atom. The Morgan fingerprint density at radius 1 is 1.32 bits per heavy atom. The molecule has 0 spiro atoms. The molecule has 1 aliphatic rings. The van der Waals surface area contributed by atoms with Crippen molar-refractivity contribution in [3.63, 3.8) is 0 Å². The van der Waals surface area contributed by atoms with Gasteiger partial charge in [-0.25, -0.2) is 4.68 Å². The smallest absolute Gasteiger partial charge is 0.243 e. The number of fused-ring (bicyclic) bond motifs is 1. The zero-order chi connectivity index (χ0) is 18.0. The number of carbonyl (C=O) groups excluding carboxylic acids is 2. The Morgan fingerprint density at radius 2 is 2.12 bits per heavy atom. The molecule has 2 amide bonds. The SMILES string of the molecule is CC[C@@H](C(=O)NCc1cccc(C)c1)N1C(=O)CCn2nc(C)cc21. The first kappa shape index (κ1) is 17.2. The fourth-order valence-corrected chi connectivity index (χ4v) is 3.29. The predicted molar refractivity (Wildman–Crippen MR) is 96.2 cm³/mol. The van der Waals surface area contributed by atoms with E-state index in [-0.39, 0.29) is 11.8 Å². The van der Waals surface area contributed by atoms with Crippen molar-refractivity contribution < 1.29 is 9.59 Å². The van der Waals surface area contributed by atoms with E-state index in [1.807, 2.05) is 55.8 Å². The van der Waals surface area contributed by atoms with Crippen molar-refractivity contribution in [1.82, 2.24) is 15.1 Å². The Balaban J connectivity index is 1.77. The van der Waals surface area contributed by atoms with Crippen molar-refractivity contribution in [1.29, 1.82) is 0 Å². The van der Waals surface area contributed by atoms with Gasteiger partial charge < -0.3 is 5.32 Å². The van der Waals surface area contributed by atoms with Crippen LogP contribution < -0.4 is 10.2 Å². The van der Waals surface area contributed by atoms with Gasteiger partial charge in [-0.3, -0.25) is 14.5 Å². The third-order valence-corrected chi connectivity index (χ3v) is 4.48. The molecule has 3 rings (SSSR count). The van der Waals surface area contributed by atoms with Gasteiger partial charge >= 0.3 is 0 Å². The maximum atomic E-state index is 12.8. The number of carbonyl (C=O) groups is 2. The molecule has 0 aliphatic carbocycles. The number of aryl methyl sites for hydroxylation is 3. The van der Waals surface area contributed by atoms with Crippen molar-refractivity contribution in [3.05, 3.63) is 47.2 Å². The maximum Gasteiger partial charge on any atom is 0.243 e. The molecule has 25 heavy (non-hydrogen) atoms. The molecule has 2 heterocycles. The van der Waals surface area contributed by atoms with Gasteiger partial charge in [0.1, 0.15) is 11.9 Å². The third-order valence-electron chi connectivity index (χ3n) is 4.48. The largest absolute Gasteiger partial charge is 0.350 e. The zero-order valence-corrected chi connectivity index (χ0v) is 15.0. The summed E-state index contributed by atoms with van der Waals surface area (Å²) in [5, 5.41) is 7.38. The number of nitrogens with one attached hydrogen (secondary N) is 1. The van der Waals surface area contributed by atoms with Crippen LogP contribution in [0.1, 0.15) is 36.6 Å². The molecule has 1 aromatic heterocycles. The molecule has 0 bridgehead atoms.